The topological polar surface area (TPSA) is 13.1 Å². The maximum atomic E-state index is 2.52. The van der Waals surface area contributed by atoms with Crippen LogP contribution in [-0.4, -0.2) is 9.13 Å². The third kappa shape index (κ3) is 4.44. The second-order valence-electron chi connectivity index (χ2n) is 11.6. The van der Waals surface area contributed by atoms with E-state index in [1.807, 2.05) is 0 Å². The number of anilines is 3. The fourth-order valence-electron chi connectivity index (χ4n) is 6.61. The Hall–Kier alpha value is -4.50. The van der Waals surface area contributed by atoms with E-state index in [0.29, 0.717) is 0 Å². The molecular weight excluding hydrogens is 510 g/mol. The molecule has 0 aliphatic carbocycles. The van der Waals surface area contributed by atoms with Crippen molar-refractivity contribution in [2.45, 2.75) is 59.5 Å². The first-order chi connectivity index (χ1) is 20.7. The van der Waals surface area contributed by atoms with E-state index in [9.17, 15) is 0 Å². The molecule has 0 aliphatic rings. The predicted molar refractivity (Wildman–Crippen MR) is 182 cm³/mol. The zero-order valence-corrected chi connectivity index (χ0v) is 25.0. The second kappa shape index (κ2) is 11.1. The molecule has 3 heteroatoms. The summed E-state index contributed by atoms with van der Waals surface area (Å²) in [5, 5.41) is 5.31. The van der Waals surface area contributed by atoms with Crippen LogP contribution in [0, 0.1) is 6.92 Å². The van der Waals surface area contributed by atoms with Crippen molar-refractivity contribution in [2.24, 2.45) is 0 Å². The van der Waals surface area contributed by atoms with E-state index < -0.39 is 0 Å². The highest BCUT2D eigenvalue weighted by Crippen LogP contribution is 2.41. The van der Waals surface area contributed by atoms with Gasteiger partial charge in [0.05, 0.1) is 11.0 Å². The van der Waals surface area contributed by atoms with Crippen LogP contribution in [-0.2, 0) is 13.1 Å². The van der Waals surface area contributed by atoms with Crippen molar-refractivity contribution in [3.05, 3.63) is 115 Å². The Morgan fingerprint density at radius 1 is 0.476 bits per heavy atom. The van der Waals surface area contributed by atoms with Crippen molar-refractivity contribution in [1.29, 1.82) is 0 Å². The molecule has 42 heavy (non-hydrogen) atoms. The third-order valence-electron chi connectivity index (χ3n) is 8.79. The molecule has 7 rings (SSSR count). The van der Waals surface area contributed by atoms with Gasteiger partial charge in [-0.25, -0.2) is 0 Å². The van der Waals surface area contributed by atoms with Gasteiger partial charge in [-0.2, -0.15) is 0 Å². The Kier molecular flexibility index (Phi) is 6.95. The van der Waals surface area contributed by atoms with Crippen LogP contribution in [0.15, 0.2) is 109 Å². The Morgan fingerprint density at radius 3 is 1.38 bits per heavy atom. The summed E-state index contributed by atoms with van der Waals surface area (Å²) in [6.07, 6.45) is 4.68. The predicted octanol–water partition coefficient (Wildman–Crippen LogP) is 11.3. The summed E-state index contributed by atoms with van der Waals surface area (Å²) in [5.41, 5.74) is 10.1. The highest BCUT2D eigenvalue weighted by molar-refractivity contribution is 6.10. The summed E-state index contributed by atoms with van der Waals surface area (Å²) in [6.45, 7) is 8.75. The number of nitrogens with zero attached hydrogens (tertiary/aromatic N) is 3. The Morgan fingerprint density at radius 2 is 0.905 bits per heavy atom. The summed E-state index contributed by atoms with van der Waals surface area (Å²) in [5.74, 6) is 0. The summed E-state index contributed by atoms with van der Waals surface area (Å²) in [4.78, 5) is 2.43. The van der Waals surface area contributed by atoms with Gasteiger partial charge in [-0.3, -0.25) is 0 Å². The Bertz CT molecular complexity index is 1900. The molecule has 0 spiro atoms. The maximum Gasteiger partial charge on any atom is 0.0512 e. The molecule has 3 nitrogen and oxygen atoms in total. The van der Waals surface area contributed by atoms with Crippen molar-refractivity contribution in [3.63, 3.8) is 0 Å². The van der Waals surface area contributed by atoms with Crippen molar-refractivity contribution in [2.75, 3.05) is 4.90 Å². The molecule has 0 amide bonds. The SMILES string of the molecule is CCCCn1c2ccccc2c2ccc(N(c3ccc(C)cc3)c3ccc4c5ccccc5n(CCCC)c4c3)cc21. The first-order valence-electron chi connectivity index (χ1n) is 15.6. The minimum Gasteiger partial charge on any atom is -0.340 e. The molecular formula is C39H39N3. The van der Waals surface area contributed by atoms with Gasteiger partial charge < -0.3 is 14.0 Å². The number of unbranched alkanes of at least 4 members (excludes halogenated alkanes) is 2. The number of benzene rings is 5. The van der Waals surface area contributed by atoms with Crippen LogP contribution < -0.4 is 4.90 Å². The molecule has 210 valence electrons. The highest BCUT2D eigenvalue weighted by atomic mass is 15.1. The number of hydrogen-bond donors (Lipinski definition) is 0. The van der Waals surface area contributed by atoms with E-state index in [-0.39, 0.29) is 0 Å². The summed E-state index contributed by atoms with van der Waals surface area (Å²) in [7, 11) is 0. The van der Waals surface area contributed by atoms with E-state index in [4.69, 9.17) is 0 Å². The van der Waals surface area contributed by atoms with Gasteiger partial charge in [0.1, 0.15) is 0 Å². The maximum absolute atomic E-state index is 2.52. The van der Waals surface area contributed by atoms with E-state index >= 15 is 0 Å². The molecule has 2 heterocycles. The van der Waals surface area contributed by atoms with Gasteiger partial charge in [-0.05, 0) is 68.3 Å². The molecule has 0 saturated heterocycles. The summed E-state index contributed by atoms with van der Waals surface area (Å²) < 4.78 is 5.05. The number of fused-ring (bicyclic) bond motifs is 6. The number of aryl methyl sites for hydroxylation is 3. The van der Waals surface area contributed by atoms with E-state index in [1.54, 1.807) is 0 Å². The van der Waals surface area contributed by atoms with Gasteiger partial charge >= 0.3 is 0 Å². The number of hydrogen-bond acceptors (Lipinski definition) is 1. The normalized spacial score (nSPS) is 11.8. The van der Waals surface area contributed by atoms with Crippen LogP contribution in [0.2, 0.25) is 0 Å². The molecule has 0 fully saturated rings. The molecule has 0 unspecified atom stereocenters. The van der Waals surface area contributed by atoms with Crippen LogP contribution in [0.25, 0.3) is 43.6 Å². The zero-order valence-electron chi connectivity index (χ0n) is 25.0. The minimum absolute atomic E-state index is 1.03. The minimum atomic E-state index is 1.03. The molecule has 7 aromatic rings. The van der Waals surface area contributed by atoms with Crippen LogP contribution in [0.4, 0.5) is 17.1 Å². The van der Waals surface area contributed by atoms with Gasteiger partial charge in [0.25, 0.3) is 0 Å². The molecule has 0 radical (unpaired) electrons. The fourth-order valence-corrected chi connectivity index (χ4v) is 6.61. The van der Waals surface area contributed by atoms with Crippen molar-refractivity contribution < 1.29 is 0 Å². The van der Waals surface area contributed by atoms with Gasteiger partial charge in [-0.15, -0.1) is 0 Å². The summed E-state index contributed by atoms with van der Waals surface area (Å²) >= 11 is 0. The molecule has 0 N–H and O–H groups in total. The van der Waals surface area contributed by atoms with Crippen molar-refractivity contribution in [1.82, 2.24) is 9.13 Å². The van der Waals surface area contributed by atoms with Gasteiger partial charge in [0, 0.05) is 62.7 Å². The molecule has 0 bridgehead atoms. The Labute approximate surface area is 248 Å². The van der Waals surface area contributed by atoms with E-state index in [2.05, 4.69) is 144 Å². The molecule has 0 aliphatic heterocycles. The van der Waals surface area contributed by atoms with Crippen molar-refractivity contribution in [3.8, 4) is 0 Å². The van der Waals surface area contributed by atoms with Crippen LogP contribution >= 0.6 is 0 Å². The second-order valence-corrected chi connectivity index (χ2v) is 11.6. The first kappa shape index (κ1) is 26.4. The van der Waals surface area contributed by atoms with Gasteiger partial charge in [0.2, 0.25) is 0 Å². The van der Waals surface area contributed by atoms with E-state index in [0.717, 1.165) is 13.1 Å². The fraction of sp³-hybridized carbons (Fsp3) is 0.231. The largest absolute Gasteiger partial charge is 0.340 e. The first-order valence-corrected chi connectivity index (χ1v) is 15.6. The zero-order chi connectivity index (χ0) is 28.6. The van der Waals surface area contributed by atoms with E-state index in [1.165, 1.54) is 91.9 Å². The highest BCUT2D eigenvalue weighted by Gasteiger charge is 2.18. The van der Waals surface area contributed by atoms with Crippen LogP contribution in [0.1, 0.15) is 45.1 Å². The molecule has 5 aromatic carbocycles. The third-order valence-corrected chi connectivity index (χ3v) is 8.79. The lowest BCUT2D eigenvalue weighted by Crippen LogP contribution is -2.10. The Balaban J connectivity index is 1.46. The smallest absolute Gasteiger partial charge is 0.0512 e. The lowest BCUT2D eigenvalue weighted by molar-refractivity contribution is 0.665. The molecule has 0 atom stereocenters. The lowest BCUT2D eigenvalue weighted by atomic mass is 10.1. The average Bonchev–Trinajstić information content (AvgIpc) is 3.51. The van der Waals surface area contributed by atoms with Crippen molar-refractivity contribution >= 4 is 60.7 Å². The van der Waals surface area contributed by atoms with Gasteiger partial charge in [0.15, 0.2) is 0 Å². The standard InChI is InChI=1S/C39H39N3/c1-4-6-24-40-36-14-10-8-12-32(36)34-22-20-30(26-38(34)40)42(29-18-16-28(3)17-19-29)31-21-23-35-33-13-9-11-15-37(33)41(25-7-5-2)39(35)27-31/h8-23,26-27H,4-7,24-25H2,1-3H3. The monoisotopic (exact) mass is 549 g/mol. The van der Waals surface area contributed by atoms with Gasteiger partial charge in [-0.1, -0.05) is 92.9 Å². The number of rotatable bonds is 9. The van der Waals surface area contributed by atoms with Crippen LogP contribution in [0.5, 0.6) is 0 Å². The molecule has 2 aromatic heterocycles. The molecule has 0 saturated carbocycles. The summed E-state index contributed by atoms with van der Waals surface area (Å²) in [6, 6.07) is 40.7. The quantitative estimate of drug-likeness (QED) is 0.174. The van der Waals surface area contributed by atoms with Crippen LogP contribution in [0.3, 0.4) is 0 Å². The number of aromatic nitrogens is 2. The number of para-hydroxylation sites is 2. The average molecular weight is 550 g/mol. The lowest BCUT2D eigenvalue weighted by Gasteiger charge is -2.26.